The van der Waals surface area contributed by atoms with Crippen LogP contribution < -0.4 is 16.2 Å². The lowest BCUT2D eigenvalue weighted by Gasteiger charge is -2.24. The Balaban J connectivity index is 1.25. The quantitative estimate of drug-likeness (QED) is 0.171. The van der Waals surface area contributed by atoms with Gasteiger partial charge >= 0.3 is 5.97 Å². The fraction of sp³-hybridized carbons (Fsp3) is 0.314. The lowest BCUT2D eigenvalue weighted by atomic mass is 10.1. The van der Waals surface area contributed by atoms with E-state index in [1.807, 2.05) is 60.0 Å². The number of carbonyl (C=O) groups is 1. The van der Waals surface area contributed by atoms with E-state index in [0.29, 0.717) is 58.4 Å². The number of hydrogen-bond acceptors (Lipinski definition) is 12. The number of aromatic nitrogens is 8. The van der Waals surface area contributed by atoms with E-state index >= 15 is 0 Å². The third-order valence-electron chi connectivity index (χ3n) is 8.48. The molecule has 2 N–H and O–H groups in total. The van der Waals surface area contributed by atoms with E-state index in [9.17, 15) is 9.59 Å². The standard InChI is InChI=1S/C35H36N10O4/c1-3-25(42-30-29-32(40-20-39-30)44(21-41-29)27-15-8-9-16-49-27)31-43-26-14-10-11-22(28(26)33(46)45(31)24-12-6-5-7-13-24)17-36-35-37-18-23(19-38-35)34(47)48-4-2/h5-7,10-14,18-21,25,27H,3-4,8-9,15-17H2,1-2H3,(H,36,37,38)(H,39,40,42)/t25-,27?/m0/s1. The van der Waals surface area contributed by atoms with E-state index in [4.69, 9.17) is 14.5 Å². The van der Waals surface area contributed by atoms with Crippen LogP contribution in [0.3, 0.4) is 0 Å². The molecule has 1 aliphatic rings. The number of ether oxygens (including phenoxy) is 2. The predicted octanol–water partition coefficient (Wildman–Crippen LogP) is 5.37. The van der Waals surface area contributed by atoms with Crippen molar-refractivity contribution in [2.24, 2.45) is 0 Å². The summed E-state index contributed by atoms with van der Waals surface area (Å²) in [5.74, 6) is 0.907. The molecule has 2 aromatic carbocycles. The Bertz CT molecular complexity index is 2140. The highest BCUT2D eigenvalue weighted by atomic mass is 16.5. The van der Waals surface area contributed by atoms with Crippen LogP contribution in [0.15, 0.2) is 78.4 Å². The molecule has 7 rings (SSSR count). The fourth-order valence-electron chi connectivity index (χ4n) is 6.06. The number of nitrogens with one attached hydrogen (secondary N) is 2. The number of nitrogens with zero attached hydrogens (tertiary/aromatic N) is 8. The second-order valence-corrected chi connectivity index (χ2v) is 11.6. The van der Waals surface area contributed by atoms with Gasteiger partial charge in [-0.2, -0.15) is 0 Å². The molecule has 0 saturated carbocycles. The minimum Gasteiger partial charge on any atom is -0.462 e. The highest BCUT2D eigenvalue weighted by Gasteiger charge is 2.25. The Labute approximate surface area is 281 Å². The molecule has 6 aromatic rings. The molecular weight excluding hydrogens is 624 g/mol. The molecule has 49 heavy (non-hydrogen) atoms. The SMILES string of the molecule is CCOC(=O)c1cnc(NCc2cccc3nc([C@H](CC)Nc4ncnc5c4ncn5C4CCCCO4)n(-c4ccccc4)c(=O)c23)nc1. The Hall–Kier alpha value is -5.76. The zero-order valence-electron chi connectivity index (χ0n) is 27.2. The van der Waals surface area contributed by atoms with Crippen molar-refractivity contribution in [3.8, 4) is 5.69 Å². The topological polar surface area (TPSA) is 164 Å². The van der Waals surface area contributed by atoms with Crippen molar-refractivity contribution in [2.45, 2.75) is 58.3 Å². The van der Waals surface area contributed by atoms with Gasteiger partial charge in [-0.05, 0) is 56.4 Å². The second kappa shape index (κ2) is 14.2. The molecule has 0 aliphatic carbocycles. The summed E-state index contributed by atoms with van der Waals surface area (Å²) in [5, 5.41) is 7.17. The minimum absolute atomic E-state index is 0.118. The first-order chi connectivity index (χ1) is 24.1. The van der Waals surface area contributed by atoms with Crippen molar-refractivity contribution in [1.82, 2.24) is 39.0 Å². The Kier molecular flexibility index (Phi) is 9.19. The molecule has 1 unspecified atom stereocenters. The van der Waals surface area contributed by atoms with Crippen LogP contribution in [0.1, 0.15) is 73.5 Å². The minimum atomic E-state index is -0.487. The molecule has 14 nitrogen and oxygen atoms in total. The molecule has 2 atom stereocenters. The number of fused-ring (bicyclic) bond motifs is 2. The summed E-state index contributed by atoms with van der Waals surface area (Å²) in [6.45, 7) is 4.99. The van der Waals surface area contributed by atoms with Gasteiger partial charge < -0.3 is 20.1 Å². The molecule has 1 aliphatic heterocycles. The first kappa shape index (κ1) is 31.8. The van der Waals surface area contributed by atoms with Crippen LogP contribution >= 0.6 is 0 Å². The van der Waals surface area contributed by atoms with Gasteiger partial charge in [-0.3, -0.25) is 13.9 Å². The number of benzene rings is 2. The van der Waals surface area contributed by atoms with Crippen LogP contribution in [0.2, 0.25) is 0 Å². The highest BCUT2D eigenvalue weighted by molar-refractivity contribution is 5.88. The summed E-state index contributed by atoms with van der Waals surface area (Å²) in [6, 6.07) is 14.6. The number of rotatable bonds is 11. The summed E-state index contributed by atoms with van der Waals surface area (Å²) in [4.78, 5) is 53.9. The monoisotopic (exact) mass is 660 g/mol. The van der Waals surface area contributed by atoms with E-state index in [1.165, 1.54) is 18.7 Å². The Morgan fingerprint density at radius 1 is 1.02 bits per heavy atom. The number of imidazole rings is 1. The summed E-state index contributed by atoms with van der Waals surface area (Å²) >= 11 is 0. The maximum absolute atomic E-state index is 14.6. The largest absolute Gasteiger partial charge is 0.462 e. The maximum Gasteiger partial charge on any atom is 0.341 e. The van der Waals surface area contributed by atoms with Gasteiger partial charge in [0.2, 0.25) is 5.95 Å². The molecule has 1 saturated heterocycles. The van der Waals surface area contributed by atoms with Gasteiger partial charge in [-0.1, -0.05) is 37.3 Å². The van der Waals surface area contributed by atoms with Gasteiger partial charge in [0.1, 0.15) is 18.4 Å². The molecule has 14 heteroatoms. The van der Waals surface area contributed by atoms with Crippen molar-refractivity contribution in [1.29, 1.82) is 0 Å². The zero-order valence-corrected chi connectivity index (χ0v) is 27.2. The second-order valence-electron chi connectivity index (χ2n) is 11.6. The molecule has 0 bridgehead atoms. The number of carbonyl (C=O) groups excluding carboxylic acids is 1. The fourth-order valence-corrected chi connectivity index (χ4v) is 6.06. The summed E-state index contributed by atoms with van der Waals surface area (Å²) < 4.78 is 14.6. The third-order valence-corrected chi connectivity index (χ3v) is 8.48. The van der Waals surface area contributed by atoms with E-state index < -0.39 is 12.0 Å². The lowest BCUT2D eigenvalue weighted by molar-refractivity contribution is -0.0298. The normalized spacial score (nSPS) is 15.3. The average molecular weight is 661 g/mol. The van der Waals surface area contributed by atoms with Crippen LogP contribution in [0, 0.1) is 0 Å². The average Bonchev–Trinajstić information content (AvgIpc) is 3.59. The van der Waals surface area contributed by atoms with Crippen molar-refractivity contribution >= 4 is 39.8 Å². The van der Waals surface area contributed by atoms with Crippen LogP contribution in [-0.4, -0.2) is 58.2 Å². The molecule has 0 spiro atoms. The smallest absolute Gasteiger partial charge is 0.341 e. The van der Waals surface area contributed by atoms with E-state index in [1.54, 1.807) is 17.8 Å². The third kappa shape index (κ3) is 6.42. The molecular formula is C35H36N10O4. The lowest BCUT2D eigenvalue weighted by Crippen LogP contribution is -2.29. The molecule has 0 radical (unpaired) electrons. The summed E-state index contributed by atoms with van der Waals surface area (Å²) in [6.07, 6.45) is 9.59. The van der Waals surface area contributed by atoms with Crippen molar-refractivity contribution < 1.29 is 14.3 Å². The van der Waals surface area contributed by atoms with Crippen LogP contribution in [-0.2, 0) is 16.0 Å². The predicted molar refractivity (Wildman–Crippen MR) is 183 cm³/mol. The maximum atomic E-state index is 14.6. The Morgan fingerprint density at radius 3 is 2.61 bits per heavy atom. The number of esters is 1. The van der Waals surface area contributed by atoms with Gasteiger partial charge in [0, 0.05) is 25.5 Å². The van der Waals surface area contributed by atoms with Gasteiger partial charge in [-0.15, -0.1) is 0 Å². The van der Waals surface area contributed by atoms with E-state index in [0.717, 1.165) is 24.8 Å². The number of hydrogen-bond donors (Lipinski definition) is 2. The molecule has 1 fully saturated rings. The molecule has 250 valence electrons. The van der Waals surface area contributed by atoms with Crippen LogP contribution in [0.5, 0.6) is 0 Å². The van der Waals surface area contributed by atoms with Gasteiger partial charge in [0.25, 0.3) is 5.56 Å². The molecule has 5 heterocycles. The van der Waals surface area contributed by atoms with Crippen molar-refractivity contribution in [2.75, 3.05) is 23.8 Å². The first-order valence-electron chi connectivity index (χ1n) is 16.4. The molecule has 0 amide bonds. The van der Waals surface area contributed by atoms with Crippen LogP contribution in [0.4, 0.5) is 11.8 Å². The highest BCUT2D eigenvalue weighted by Crippen LogP contribution is 2.30. The number of anilines is 2. The summed E-state index contributed by atoms with van der Waals surface area (Å²) in [7, 11) is 0. The van der Waals surface area contributed by atoms with E-state index in [2.05, 4.69) is 35.6 Å². The van der Waals surface area contributed by atoms with Crippen molar-refractivity contribution in [3.05, 3.63) is 101 Å². The Morgan fingerprint density at radius 2 is 1.86 bits per heavy atom. The van der Waals surface area contributed by atoms with Gasteiger partial charge in [-0.25, -0.2) is 34.7 Å². The zero-order chi connectivity index (χ0) is 33.7. The van der Waals surface area contributed by atoms with Crippen LogP contribution in [0.25, 0.3) is 27.8 Å². The van der Waals surface area contributed by atoms with Crippen molar-refractivity contribution in [3.63, 3.8) is 0 Å². The van der Waals surface area contributed by atoms with E-state index in [-0.39, 0.29) is 30.5 Å². The first-order valence-corrected chi connectivity index (χ1v) is 16.4. The number of para-hydroxylation sites is 1. The van der Waals surface area contributed by atoms with Gasteiger partial charge in [0.05, 0.1) is 41.1 Å². The van der Waals surface area contributed by atoms with Gasteiger partial charge in [0.15, 0.2) is 17.0 Å². The molecule has 4 aromatic heterocycles. The summed E-state index contributed by atoms with van der Waals surface area (Å²) in [5.41, 5.74) is 3.31.